The van der Waals surface area contributed by atoms with Crippen molar-refractivity contribution in [2.45, 2.75) is 43.4 Å². The molecule has 1 amide bonds. The van der Waals surface area contributed by atoms with E-state index in [0.29, 0.717) is 66.3 Å². The maximum atomic E-state index is 12.9. The minimum Gasteiger partial charge on any atom is -0.369 e. The number of carbonyl (C=O) groups excluding carboxylic acids is 1. The molecule has 0 radical (unpaired) electrons. The van der Waals surface area contributed by atoms with E-state index in [2.05, 4.69) is 27.7 Å². The molecule has 3 N–H and O–H groups in total. The third-order valence-electron chi connectivity index (χ3n) is 7.51. The van der Waals surface area contributed by atoms with Crippen LogP contribution in [0.4, 0.5) is 17.1 Å². The fourth-order valence-electron chi connectivity index (χ4n) is 5.01. The van der Waals surface area contributed by atoms with Crippen LogP contribution in [0.15, 0.2) is 86.6 Å². The Morgan fingerprint density at radius 2 is 1.47 bits per heavy atom. The Balaban J connectivity index is 1.40. The second-order valence-corrected chi connectivity index (χ2v) is 15.1. The Morgan fingerprint density at radius 1 is 0.902 bits per heavy atom. The minimum absolute atomic E-state index is 0.249. The molecule has 4 aromatic rings. The normalized spacial score (nSPS) is 13.6. The van der Waals surface area contributed by atoms with E-state index in [4.69, 9.17) is 20.5 Å². The van der Waals surface area contributed by atoms with Crippen molar-refractivity contribution in [1.82, 2.24) is 14.9 Å². The quantitative estimate of drug-likeness (QED) is 0.178. The summed E-state index contributed by atoms with van der Waals surface area (Å²) in [6.07, 6.45) is 0.648. The number of aromatic nitrogens is 3. The van der Waals surface area contributed by atoms with Crippen LogP contribution in [-0.2, 0) is 20.2 Å². The van der Waals surface area contributed by atoms with Crippen molar-refractivity contribution in [3.8, 4) is 23.5 Å². The number of aliphatic imine (C=N–C) groups is 1. The SMILES string of the molecule is CC(C)(C)C1=Nn2nc(-c3ccc(NC(=O)c4cc(S(=O)(=O)O)cc(S(=O)(=O)O)c4)cc3)nc2/C1=N\c1ccc(N(CCC#N)CCC#N)cc1. The molecule has 0 unspecified atom stereocenters. The fraction of sp³-hybridized carbons (Fsp3) is 0.242. The molecule has 0 bridgehead atoms. The second kappa shape index (κ2) is 14.2. The third kappa shape index (κ3) is 8.51. The summed E-state index contributed by atoms with van der Waals surface area (Å²) in [6, 6.07) is 20.1. The first-order valence-corrected chi connectivity index (χ1v) is 18.1. The number of amides is 1. The van der Waals surface area contributed by atoms with Crippen LogP contribution in [-0.4, -0.2) is 71.2 Å². The van der Waals surface area contributed by atoms with Gasteiger partial charge in [0.25, 0.3) is 26.1 Å². The molecule has 51 heavy (non-hydrogen) atoms. The van der Waals surface area contributed by atoms with E-state index < -0.39 is 46.9 Å². The maximum absolute atomic E-state index is 12.9. The predicted molar refractivity (Wildman–Crippen MR) is 187 cm³/mol. The number of hydrogen-bond acceptors (Lipinski definition) is 12. The molecule has 0 saturated carbocycles. The molecule has 1 aliphatic heterocycles. The number of benzene rings is 3. The van der Waals surface area contributed by atoms with Gasteiger partial charge >= 0.3 is 0 Å². The van der Waals surface area contributed by atoms with E-state index in [0.717, 1.165) is 17.8 Å². The van der Waals surface area contributed by atoms with Gasteiger partial charge in [-0.05, 0) is 66.7 Å². The van der Waals surface area contributed by atoms with Crippen LogP contribution in [0, 0.1) is 28.1 Å². The number of carbonyl (C=O) groups is 1. The number of fused-ring (bicyclic) bond motifs is 1. The first-order valence-electron chi connectivity index (χ1n) is 15.2. The van der Waals surface area contributed by atoms with Crippen molar-refractivity contribution in [2.24, 2.45) is 15.5 Å². The third-order valence-corrected chi connectivity index (χ3v) is 9.18. The largest absolute Gasteiger partial charge is 0.369 e. The van der Waals surface area contributed by atoms with Crippen LogP contribution in [0.5, 0.6) is 0 Å². The number of anilines is 2. The number of nitrogens with zero attached hydrogens (tertiary/aromatic N) is 8. The van der Waals surface area contributed by atoms with Gasteiger partial charge in [0.1, 0.15) is 5.71 Å². The van der Waals surface area contributed by atoms with Crippen LogP contribution in [0.25, 0.3) is 11.4 Å². The van der Waals surface area contributed by atoms with E-state index in [1.807, 2.05) is 49.9 Å². The Labute approximate surface area is 293 Å². The monoisotopic (exact) mass is 729 g/mol. The molecule has 2 heterocycles. The van der Waals surface area contributed by atoms with Gasteiger partial charge in [0, 0.05) is 41.0 Å². The summed E-state index contributed by atoms with van der Waals surface area (Å²) in [6.45, 7) is 6.98. The average molecular weight is 730 g/mol. The highest BCUT2D eigenvalue weighted by molar-refractivity contribution is 7.86. The Bertz CT molecular complexity index is 2300. The minimum atomic E-state index is -4.90. The molecular formula is C33H31N9O7S2. The second-order valence-electron chi connectivity index (χ2n) is 12.3. The molecule has 18 heteroatoms. The van der Waals surface area contributed by atoms with E-state index in [1.165, 1.54) is 16.9 Å². The molecule has 262 valence electrons. The first-order chi connectivity index (χ1) is 24.0. The average Bonchev–Trinajstić information content (AvgIpc) is 3.64. The zero-order valence-corrected chi connectivity index (χ0v) is 29.1. The van der Waals surface area contributed by atoms with E-state index in [1.54, 1.807) is 12.1 Å². The van der Waals surface area contributed by atoms with Gasteiger partial charge in [0.05, 0.1) is 46.2 Å². The van der Waals surface area contributed by atoms with Crippen molar-refractivity contribution < 1.29 is 30.7 Å². The van der Waals surface area contributed by atoms with Gasteiger partial charge in [-0.25, -0.2) is 9.98 Å². The van der Waals surface area contributed by atoms with E-state index >= 15 is 0 Å². The van der Waals surface area contributed by atoms with Crippen LogP contribution in [0.3, 0.4) is 0 Å². The smallest absolute Gasteiger partial charge is 0.294 e. The molecule has 0 saturated heterocycles. The Hall–Kier alpha value is -5.79. The molecule has 0 atom stereocenters. The van der Waals surface area contributed by atoms with Crippen molar-refractivity contribution in [2.75, 3.05) is 23.3 Å². The van der Waals surface area contributed by atoms with E-state index in [9.17, 15) is 30.7 Å². The van der Waals surface area contributed by atoms with Crippen molar-refractivity contribution in [1.29, 1.82) is 10.5 Å². The lowest BCUT2D eigenvalue weighted by molar-refractivity contribution is 0.102. The topological polar surface area (TPSA) is 244 Å². The highest BCUT2D eigenvalue weighted by atomic mass is 32.2. The summed E-state index contributed by atoms with van der Waals surface area (Å²) in [5.41, 5.74) is 2.65. The van der Waals surface area contributed by atoms with Crippen molar-refractivity contribution in [3.05, 3.63) is 78.1 Å². The van der Waals surface area contributed by atoms with Crippen LogP contribution in [0.2, 0.25) is 0 Å². The van der Waals surface area contributed by atoms with Crippen LogP contribution < -0.4 is 10.2 Å². The number of nitriles is 2. The summed E-state index contributed by atoms with van der Waals surface area (Å²) in [5, 5.41) is 29.8. The molecule has 0 fully saturated rings. The highest BCUT2D eigenvalue weighted by Gasteiger charge is 2.35. The van der Waals surface area contributed by atoms with Crippen LogP contribution in [0.1, 0.15) is 49.8 Å². The summed E-state index contributed by atoms with van der Waals surface area (Å²) >= 11 is 0. The maximum Gasteiger partial charge on any atom is 0.294 e. The lowest BCUT2D eigenvalue weighted by Crippen LogP contribution is -2.27. The molecule has 1 aromatic heterocycles. The van der Waals surface area contributed by atoms with Crippen LogP contribution >= 0.6 is 0 Å². The lowest BCUT2D eigenvalue weighted by atomic mass is 9.87. The fourth-order valence-corrected chi connectivity index (χ4v) is 6.19. The zero-order chi connectivity index (χ0) is 37.1. The summed E-state index contributed by atoms with van der Waals surface area (Å²) in [5.74, 6) is -0.187. The standard InChI is InChI=1S/C33H31N9O7S2/c1-33(2,3)29-28(36-23-10-12-25(13-11-23)41(16-4-14-34)17-5-15-35)31-38-30(40-42(31)39-29)21-6-8-24(9-7-21)37-32(43)22-18-26(50(44,45)46)20-27(19-22)51(47,48)49/h6-13,18-20H,4-5,16-17H2,1-3H3,(H,37,43)(H,44,45,46)(H,47,48,49)/b36-28-. The van der Waals surface area contributed by atoms with E-state index in [-0.39, 0.29) is 5.69 Å². The zero-order valence-electron chi connectivity index (χ0n) is 27.5. The van der Waals surface area contributed by atoms with Gasteiger partial charge in [-0.3, -0.25) is 13.9 Å². The molecular weight excluding hydrogens is 699 g/mol. The van der Waals surface area contributed by atoms with Crippen molar-refractivity contribution >= 4 is 54.6 Å². The van der Waals surface area contributed by atoms with Gasteiger partial charge in [-0.15, -0.1) is 9.89 Å². The molecule has 5 rings (SSSR count). The van der Waals surface area contributed by atoms with Gasteiger partial charge in [-0.2, -0.15) is 32.5 Å². The summed E-state index contributed by atoms with van der Waals surface area (Å²) in [7, 11) is -9.81. The number of rotatable bonds is 11. The number of nitrogens with one attached hydrogen (secondary N) is 1. The number of hydrogen-bond donors (Lipinski definition) is 3. The summed E-state index contributed by atoms with van der Waals surface area (Å²) < 4.78 is 65.4. The van der Waals surface area contributed by atoms with Crippen molar-refractivity contribution in [3.63, 3.8) is 0 Å². The molecule has 1 aliphatic rings. The molecule has 0 aliphatic carbocycles. The molecule has 3 aromatic carbocycles. The molecule has 0 spiro atoms. The highest BCUT2D eigenvalue weighted by Crippen LogP contribution is 2.30. The van der Waals surface area contributed by atoms with Gasteiger partial charge in [-0.1, -0.05) is 20.8 Å². The first kappa shape index (κ1) is 36.5. The van der Waals surface area contributed by atoms with Gasteiger partial charge < -0.3 is 10.2 Å². The summed E-state index contributed by atoms with van der Waals surface area (Å²) in [4.78, 5) is 24.1. The lowest BCUT2D eigenvalue weighted by Gasteiger charge is -2.22. The Kier molecular flexibility index (Phi) is 10.2. The van der Waals surface area contributed by atoms with Gasteiger partial charge in [0.15, 0.2) is 5.82 Å². The predicted octanol–water partition coefficient (Wildman–Crippen LogP) is 4.71. The van der Waals surface area contributed by atoms with Gasteiger partial charge in [0.2, 0.25) is 5.82 Å². The Morgan fingerprint density at radius 3 is 1.98 bits per heavy atom. The molecule has 16 nitrogen and oxygen atoms in total.